The molecule has 0 aliphatic carbocycles. The maximum absolute atomic E-state index is 14.6. The van der Waals surface area contributed by atoms with Crippen LogP contribution in [0.5, 0.6) is 11.5 Å². The van der Waals surface area contributed by atoms with Gasteiger partial charge in [0.1, 0.15) is 11.5 Å². The van der Waals surface area contributed by atoms with Crippen LogP contribution in [0, 0.1) is 0 Å². The molecule has 4 aromatic carbocycles. The zero-order valence-corrected chi connectivity index (χ0v) is 27.8. The minimum atomic E-state index is -1.48. The second-order valence-corrected chi connectivity index (χ2v) is 12.0. The van der Waals surface area contributed by atoms with Crippen molar-refractivity contribution in [3.63, 3.8) is 0 Å². The standard InChI is InChI=1S/C36H35Cl2N5O5/c1-46-31-9-4-8-26(20-31)33-36(22-27-6-2-3-7-28(27)23-41-43-39,35(45)40-17-16-24-10-13-29(37)21-32(24)38)42-34(48-33)25-11-14-30(15-12-25)47-19-5-18-44/h2-4,6-15,20-21,33,44H,5,16-19,22-23H2,1H3,(H,40,45)/t33-,36-/m1/s1. The molecule has 5 rings (SSSR count). The van der Waals surface area contributed by atoms with Crippen molar-refractivity contribution in [2.45, 2.75) is 37.5 Å². The molecular weight excluding hydrogens is 653 g/mol. The molecule has 248 valence electrons. The van der Waals surface area contributed by atoms with Gasteiger partial charge in [-0.3, -0.25) is 4.79 Å². The van der Waals surface area contributed by atoms with Crippen molar-refractivity contribution in [1.82, 2.24) is 5.32 Å². The average molecular weight is 689 g/mol. The molecule has 2 N–H and O–H groups in total. The molecule has 4 aromatic rings. The third-order valence-electron chi connectivity index (χ3n) is 8.00. The van der Waals surface area contributed by atoms with Crippen LogP contribution >= 0.6 is 23.2 Å². The van der Waals surface area contributed by atoms with Gasteiger partial charge in [-0.05, 0) is 82.7 Å². The summed E-state index contributed by atoms with van der Waals surface area (Å²) in [7, 11) is 1.58. The van der Waals surface area contributed by atoms with E-state index in [1.807, 2.05) is 66.7 Å². The number of aliphatic hydroxyl groups is 1. The molecule has 0 saturated carbocycles. The lowest BCUT2D eigenvalue weighted by molar-refractivity contribution is -0.128. The van der Waals surface area contributed by atoms with E-state index in [9.17, 15) is 4.79 Å². The first kappa shape index (κ1) is 34.6. The van der Waals surface area contributed by atoms with E-state index in [0.717, 1.165) is 16.7 Å². The van der Waals surface area contributed by atoms with Crippen molar-refractivity contribution >= 4 is 35.0 Å². The molecule has 0 saturated heterocycles. The van der Waals surface area contributed by atoms with Gasteiger partial charge < -0.3 is 24.6 Å². The van der Waals surface area contributed by atoms with Gasteiger partial charge in [-0.2, -0.15) is 0 Å². The molecule has 1 aliphatic heterocycles. The van der Waals surface area contributed by atoms with Gasteiger partial charge in [-0.1, -0.05) is 70.8 Å². The molecule has 0 bridgehead atoms. The van der Waals surface area contributed by atoms with Crippen molar-refractivity contribution < 1.29 is 24.1 Å². The van der Waals surface area contributed by atoms with Crippen molar-refractivity contribution in [3.05, 3.63) is 139 Å². The quantitative estimate of drug-likeness (QED) is 0.0579. The molecule has 0 unspecified atom stereocenters. The van der Waals surface area contributed by atoms with E-state index >= 15 is 0 Å². The predicted octanol–water partition coefficient (Wildman–Crippen LogP) is 7.43. The first-order valence-electron chi connectivity index (χ1n) is 15.4. The van der Waals surface area contributed by atoms with Crippen LogP contribution in [0.15, 0.2) is 101 Å². The van der Waals surface area contributed by atoms with E-state index in [0.29, 0.717) is 52.1 Å². The lowest BCUT2D eigenvalue weighted by Crippen LogP contribution is -2.50. The second kappa shape index (κ2) is 16.4. The van der Waals surface area contributed by atoms with Gasteiger partial charge in [0.05, 0.1) is 20.3 Å². The van der Waals surface area contributed by atoms with Crippen LogP contribution in [0.4, 0.5) is 0 Å². The molecule has 0 spiro atoms. The number of hydrogen-bond donors (Lipinski definition) is 2. The topological polar surface area (TPSA) is 138 Å². The third-order valence-corrected chi connectivity index (χ3v) is 8.59. The van der Waals surface area contributed by atoms with Gasteiger partial charge in [0.2, 0.25) is 5.90 Å². The van der Waals surface area contributed by atoms with E-state index < -0.39 is 11.6 Å². The van der Waals surface area contributed by atoms with Gasteiger partial charge in [-0.15, -0.1) is 0 Å². The second-order valence-electron chi connectivity index (χ2n) is 11.1. The Morgan fingerprint density at radius 3 is 2.54 bits per heavy atom. The zero-order valence-electron chi connectivity index (χ0n) is 26.3. The summed E-state index contributed by atoms with van der Waals surface area (Å²) in [6, 6.07) is 27.4. The van der Waals surface area contributed by atoms with Crippen LogP contribution < -0.4 is 14.8 Å². The summed E-state index contributed by atoms with van der Waals surface area (Å²) >= 11 is 12.5. The maximum atomic E-state index is 14.6. The van der Waals surface area contributed by atoms with Gasteiger partial charge in [-0.25, -0.2) is 4.99 Å². The third kappa shape index (κ3) is 8.21. The summed E-state index contributed by atoms with van der Waals surface area (Å²) in [6.45, 7) is 0.804. The molecule has 0 radical (unpaired) electrons. The summed E-state index contributed by atoms with van der Waals surface area (Å²) < 4.78 is 17.9. The summed E-state index contributed by atoms with van der Waals surface area (Å²) in [5, 5.41) is 17.0. The molecule has 1 aliphatic rings. The normalized spacial score (nSPS) is 16.8. The highest BCUT2D eigenvalue weighted by molar-refractivity contribution is 6.35. The fourth-order valence-electron chi connectivity index (χ4n) is 5.56. The molecule has 0 fully saturated rings. The lowest BCUT2D eigenvalue weighted by atomic mass is 9.80. The van der Waals surface area contributed by atoms with Crippen LogP contribution in [0.2, 0.25) is 10.0 Å². The Labute approximate surface area is 288 Å². The van der Waals surface area contributed by atoms with E-state index in [2.05, 4.69) is 15.3 Å². The Morgan fingerprint density at radius 1 is 1.02 bits per heavy atom. The van der Waals surface area contributed by atoms with Gasteiger partial charge >= 0.3 is 0 Å². The highest BCUT2D eigenvalue weighted by Crippen LogP contribution is 2.43. The van der Waals surface area contributed by atoms with Crippen LogP contribution in [0.25, 0.3) is 10.4 Å². The smallest absolute Gasteiger partial charge is 0.252 e. The van der Waals surface area contributed by atoms with E-state index in [4.69, 9.17) is 53.0 Å². The zero-order chi connectivity index (χ0) is 33.9. The van der Waals surface area contributed by atoms with Crippen LogP contribution in [0.3, 0.4) is 0 Å². The number of rotatable bonds is 15. The summed E-state index contributed by atoms with van der Waals surface area (Å²) in [5.74, 6) is 1.17. The minimum Gasteiger partial charge on any atom is -0.497 e. The average Bonchev–Trinajstić information content (AvgIpc) is 3.49. The van der Waals surface area contributed by atoms with Crippen LogP contribution in [0.1, 0.15) is 40.3 Å². The maximum Gasteiger partial charge on any atom is 0.252 e. The lowest BCUT2D eigenvalue weighted by Gasteiger charge is -2.31. The number of carbonyl (C=O) groups excluding carboxylic acids is 1. The Morgan fingerprint density at radius 2 is 1.81 bits per heavy atom. The number of nitrogens with one attached hydrogen (secondary N) is 1. The van der Waals surface area contributed by atoms with E-state index in [-0.39, 0.29) is 37.9 Å². The molecule has 1 heterocycles. The molecular formula is C36H35Cl2N5O5. The number of methoxy groups -OCH3 is 1. The fourth-order valence-corrected chi connectivity index (χ4v) is 6.06. The highest BCUT2D eigenvalue weighted by atomic mass is 35.5. The highest BCUT2D eigenvalue weighted by Gasteiger charge is 2.53. The number of hydrogen-bond acceptors (Lipinski definition) is 7. The molecule has 12 heteroatoms. The molecule has 48 heavy (non-hydrogen) atoms. The summed E-state index contributed by atoms with van der Waals surface area (Å²) in [4.78, 5) is 22.7. The number of aliphatic imine (C=N–C) groups is 1. The number of amides is 1. The van der Waals surface area contributed by atoms with Gasteiger partial charge in [0, 0.05) is 46.5 Å². The van der Waals surface area contributed by atoms with Crippen LogP contribution in [-0.4, -0.2) is 49.3 Å². The molecule has 2 atom stereocenters. The number of benzene rings is 4. The van der Waals surface area contributed by atoms with E-state index in [1.165, 1.54) is 0 Å². The largest absolute Gasteiger partial charge is 0.497 e. The monoisotopic (exact) mass is 687 g/mol. The molecule has 0 aromatic heterocycles. The number of ether oxygens (including phenoxy) is 3. The first-order chi connectivity index (χ1) is 23.4. The van der Waals surface area contributed by atoms with Gasteiger partial charge in [0.15, 0.2) is 11.6 Å². The summed E-state index contributed by atoms with van der Waals surface area (Å²) in [5.41, 5.74) is 11.3. The number of aliphatic hydroxyl groups excluding tert-OH is 1. The summed E-state index contributed by atoms with van der Waals surface area (Å²) in [6.07, 6.45) is 0.271. The van der Waals surface area contributed by atoms with Crippen molar-refractivity contribution in [2.24, 2.45) is 10.1 Å². The van der Waals surface area contributed by atoms with Crippen molar-refractivity contribution in [1.29, 1.82) is 0 Å². The Kier molecular flexibility index (Phi) is 11.8. The number of carbonyl (C=O) groups is 1. The Hall–Kier alpha value is -4.73. The SMILES string of the molecule is COc1cccc([C@H]2OC(c3ccc(OCCCO)cc3)=N[C@@]2(Cc2ccccc2CN=[N+]=[N-])C(=O)NCCc2ccc(Cl)cc2Cl)c1. The first-order valence-corrected chi connectivity index (χ1v) is 16.2. The fraction of sp³-hybridized carbons (Fsp3) is 0.278. The van der Waals surface area contributed by atoms with Crippen LogP contribution in [-0.2, 0) is 28.9 Å². The number of azide groups is 1. The minimum absolute atomic E-state index is 0.0390. The number of nitrogens with zero attached hydrogens (tertiary/aromatic N) is 4. The van der Waals surface area contributed by atoms with Gasteiger partial charge in [0.25, 0.3) is 5.91 Å². The molecule has 1 amide bonds. The Bertz CT molecular complexity index is 1810. The molecule has 10 nitrogen and oxygen atoms in total. The number of halogens is 2. The predicted molar refractivity (Wildman–Crippen MR) is 186 cm³/mol. The Balaban J connectivity index is 1.57. The van der Waals surface area contributed by atoms with Crippen molar-refractivity contribution in [2.75, 3.05) is 26.9 Å². The van der Waals surface area contributed by atoms with E-state index in [1.54, 1.807) is 31.4 Å². The van der Waals surface area contributed by atoms with Crippen molar-refractivity contribution in [3.8, 4) is 11.5 Å².